The highest BCUT2D eigenvalue weighted by molar-refractivity contribution is 5.97. The number of carbonyl (C=O) groups is 2. The summed E-state index contributed by atoms with van der Waals surface area (Å²) in [6.07, 6.45) is 13.4. The number of aromatic amines is 1. The molecule has 0 unspecified atom stereocenters. The van der Waals surface area contributed by atoms with Crippen LogP contribution in [0.5, 0.6) is 0 Å². The van der Waals surface area contributed by atoms with Gasteiger partial charge in [0.1, 0.15) is 17.9 Å². The molecule has 39 heavy (non-hydrogen) atoms. The molecule has 1 fully saturated rings. The molecule has 3 amide bonds. The standard InChI is InChI=1S/C29H29N7O3/c37-26(35-14-16-39-17-15-35)19-36-18-25(23-10-12-30-28-24(23)11-13-31-28)27(34-36)20-6-8-22(9-7-20)33-29(38)32-21-4-2-1-3-5-21/h2,4-13,18H,1,3,14-17,19H2,(H,30,31)(H2,32,33,38). The minimum atomic E-state index is -0.293. The van der Waals surface area contributed by atoms with Crippen molar-refractivity contribution in [1.29, 1.82) is 0 Å². The number of nitrogens with one attached hydrogen (secondary N) is 3. The molecule has 10 nitrogen and oxygen atoms in total. The molecule has 198 valence electrons. The van der Waals surface area contributed by atoms with Crippen LogP contribution in [0.3, 0.4) is 0 Å². The lowest BCUT2D eigenvalue weighted by molar-refractivity contribution is -0.136. The van der Waals surface area contributed by atoms with Crippen LogP contribution in [0.25, 0.3) is 33.4 Å². The second kappa shape index (κ2) is 11.0. The third-order valence-electron chi connectivity index (χ3n) is 6.84. The van der Waals surface area contributed by atoms with Crippen LogP contribution >= 0.6 is 0 Å². The Morgan fingerprint density at radius 3 is 2.64 bits per heavy atom. The monoisotopic (exact) mass is 523 g/mol. The zero-order chi connectivity index (χ0) is 26.6. The molecule has 0 radical (unpaired) electrons. The fourth-order valence-corrected chi connectivity index (χ4v) is 4.87. The van der Waals surface area contributed by atoms with Crippen LogP contribution < -0.4 is 10.6 Å². The van der Waals surface area contributed by atoms with E-state index in [1.807, 2.05) is 71.9 Å². The van der Waals surface area contributed by atoms with Gasteiger partial charge >= 0.3 is 6.03 Å². The lowest BCUT2D eigenvalue weighted by Crippen LogP contribution is -2.42. The Morgan fingerprint density at radius 2 is 1.85 bits per heavy atom. The first-order valence-electron chi connectivity index (χ1n) is 13.0. The number of urea groups is 1. The number of fused-ring (bicyclic) bond motifs is 1. The molecule has 0 saturated carbocycles. The average Bonchev–Trinajstić information content (AvgIpc) is 3.62. The Hall–Kier alpha value is -4.70. The van der Waals surface area contributed by atoms with Crippen LogP contribution in [0.1, 0.15) is 12.8 Å². The first-order chi connectivity index (χ1) is 19.1. The van der Waals surface area contributed by atoms with E-state index in [1.165, 1.54) is 0 Å². The number of hydrogen-bond acceptors (Lipinski definition) is 5. The van der Waals surface area contributed by atoms with E-state index in [4.69, 9.17) is 9.84 Å². The number of ether oxygens (including phenoxy) is 1. The summed E-state index contributed by atoms with van der Waals surface area (Å²) in [4.78, 5) is 34.8. The van der Waals surface area contributed by atoms with Crippen molar-refractivity contribution in [2.24, 2.45) is 0 Å². The molecule has 1 aliphatic heterocycles. The van der Waals surface area contributed by atoms with Gasteiger partial charge in [-0.15, -0.1) is 0 Å². The van der Waals surface area contributed by atoms with Gasteiger partial charge in [0.25, 0.3) is 0 Å². The Kier molecular flexibility index (Phi) is 6.92. The van der Waals surface area contributed by atoms with Crippen LogP contribution in [-0.2, 0) is 16.1 Å². The molecule has 1 aromatic carbocycles. The summed E-state index contributed by atoms with van der Waals surface area (Å²) >= 11 is 0. The van der Waals surface area contributed by atoms with Crippen molar-refractivity contribution in [3.63, 3.8) is 0 Å². The highest BCUT2D eigenvalue weighted by Gasteiger charge is 2.21. The van der Waals surface area contributed by atoms with Gasteiger partial charge in [0.05, 0.1) is 13.2 Å². The third kappa shape index (κ3) is 5.46. The molecule has 4 aromatic rings. The maximum Gasteiger partial charge on any atom is 0.323 e. The second-order valence-electron chi connectivity index (χ2n) is 9.48. The van der Waals surface area contributed by atoms with Gasteiger partial charge in [-0.2, -0.15) is 5.10 Å². The van der Waals surface area contributed by atoms with Crippen LogP contribution in [0, 0.1) is 0 Å². The number of nitrogens with zero attached hydrogens (tertiary/aromatic N) is 4. The number of pyridine rings is 1. The van der Waals surface area contributed by atoms with E-state index in [0.29, 0.717) is 32.0 Å². The van der Waals surface area contributed by atoms with Crippen molar-refractivity contribution in [1.82, 2.24) is 30.0 Å². The Morgan fingerprint density at radius 1 is 1.00 bits per heavy atom. The van der Waals surface area contributed by atoms with Crippen molar-refractivity contribution in [3.8, 4) is 22.4 Å². The van der Waals surface area contributed by atoms with Crippen LogP contribution in [0.15, 0.2) is 78.9 Å². The minimum Gasteiger partial charge on any atom is -0.378 e. The van der Waals surface area contributed by atoms with Crippen molar-refractivity contribution in [2.75, 3.05) is 31.6 Å². The highest BCUT2D eigenvalue weighted by atomic mass is 16.5. The van der Waals surface area contributed by atoms with Crippen LogP contribution in [0.2, 0.25) is 0 Å². The van der Waals surface area contributed by atoms with Crippen molar-refractivity contribution < 1.29 is 14.3 Å². The lowest BCUT2D eigenvalue weighted by Gasteiger charge is -2.26. The van der Waals surface area contributed by atoms with Crippen LogP contribution in [-0.4, -0.2) is 62.9 Å². The van der Waals surface area contributed by atoms with Gasteiger partial charge in [-0.25, -0.2) is 9.78 Å². The van der Waals surface area contributed by atoms with E-state index in [9.17, 15) is 9.59 Å². The Labute approximate surface area is 225 Å². The molecule has 0 atom stereocenters. The maximum atomic E-state index is 13.0. The SMILES string of the molecule is O=C(NC1=CCCC=C1)Nc1ccc(-c2nn(CC(=O)N3CCOCC3)cc2-c2ccnc3[nH]ccc23)cc1. The van der Waals surface area contributed by atoms with Gasteiger partial charge in [0, 0.05) is 59.6 Å². The lowest BCUT2D eigenvalue weighted by atomic mass is 10.0. The summed E-state index contributed by atoms with van der Waals surface area (Å²) in [5.74, 6) is 0.00825. The first-order valence-corrected chi connectivity index (χ1v) is 13.0. The summed E-state index contributed by atoms with van der Waals surface area (Å²) in [5.41, 5.74) is 5.72. The number of anilines is 1. The molecule has 10 heteroatoms. The number of hydrogen-bond donors (Lipinski definition) is 3. The molecule has 0 spiro atoms. The van der Waals surface area contributed by atoms with Gasteiger partial charge in [-0.05, 0) is 48.7 Å². The van der Waals surface area contributed by atoms with Gasteiger partial charge < -0.3 is 25.3 Å². The molecule has 4 heterocycles. The molecular weight excluding hydrogens is 494 g/mol. The smallest absolute Gasteiger partial charge is 0.323 e. The van der Waals surface area contributed by atoms with Gasteiger partial charge in [-0.1, -0.05) is 24.3 Å². The van der Waals surface area contributed by atoms with Crippen LogP contribution in [0.4, 0.5) is 10.5 Å². The molecule has 3 N–H and O–H groups in total. The normalized spacial score (nSPS) is 15.3. The first kappa shape index (κ1) is 24.6. The molecule has 2 aliphatic rings. The number of aromatic nitrogens is 4. The quantitative estimate of drug-likeness (QED) is 0.348. The number of morpholine rings is 1. The fourth-order valence-electron chi connectivity index (χ4n) is 4.87. The van der Waals surface area contributed by atoms with E-state index in [1.54, 1.807) is 10.9 Å². The summed E-state index contributed by atoms with van der Waals surface area (Å²) in [6.45, 7) is 2.42. The second-order valence-corrected chi connectivity index (χ2v) is 9.48. The molecule has 1 aliphatic carbocycles. The Bertz CT molecular complexity index is 1560. The number of allylic oxidation sites excluding steroid dienone is 3. The summed E-state index contributed by atoms with van der Waals surface area (Å²) in [7, 11) is 0. The van der Waals surface area contributed by atoms with E-state index < -0.39 is 0 Å². The van der Waals surface area contributed by atoms with E-state index in [-0.39, 0.29) is 18.5 Å². The maximum absolute atomic E-state index is 13.0. The predicted octanol–water partition coefficient (Wildman–Crippen LogP) is 4.31. The number of amides is 3. The molecule has 3 aromatic heterocycles. The molecular formula is C29H29N7O3. The van der Waals surface area contributed by atoms with E-state index >= 15 is 0 Å². The molecule has 6 rings (SSSR count). The van der Waals surface area contributed by atoms with E-state index in [2.05, 4.69) is 20.6 Å². The number of benzene rings is 1. The zero-order valence-corrected chi connectivity index (χ0v) is 21.4. The van der Waals surface area contributed by atoms with Crippen molar-refractivity contribution >= 4 is 28.7 Å². The van der Waals surface area contributed by atoms with Crippen molar-refractivity contribution in [3.05, 3.63) is 78.9 Å². The molecule has 0 bridgehead atoms. The average molecular weight is 524 g/mol. The Balaban J connectivity index is 1.28. The fraction of sp³-hybridized carbons (Fsp3) is 0.241. The van der Waals surface area contributed by atoms with Gasteiger partial charge in [0.15, 0.2) is 0 Å². The van der Waals surface area contributed by atoms with Gasteiger partial charge in [-0.3, -0.25) is 9.48 Å². The predicted molar refractivity (Wildman–Crippen MR) is 149 cm³/mol. The third-order valence-corrected chi connectivity index (χ3v) is 6.84. The summed E-state index contributed by atoms with van der Waals surface area (Å²) in [6, 6.07) is 11.2. The summed E-state index contributed by atoms with van der Waals surface area (Å²) < 4.78 is 7.08. The highest BCUT2D eigenvalue weighted by Crippen LogP contribution is 2.35. The number of rotatable bonds is 6. The van der Waals surface area contributed by atoms with E-state index in [0.717, 1.165) is 52.0 Å². The summed E-state index contributed by atoms with van der Waals surface area (Å²) in [5, 5.41) is 11.6. The largest absolute Gasteiger partial charge is 0.378 e. The number of H-pyrrole nitrogens is 1. The number of carbonyl (C=O) groups excluding carboxylic acids is 2. The van der Waals surface area contributed by atoms with Gasteiger partial charge in [0.2, 0.25) is 5.91 Å². The topological polar surface area (TPSA) is 117 Å². The molecule has 1 saturated heterocycles. The zero-order valence-electron chi connectivity index (χ0n) is 21.4. The van der Waals surface area contributed by atoms with Crippen molar-refractivity contribution in [2.45, 2.75) is 19.4 Å². The minimum absolute atomic E-state index is 0.00825.